The molecule has 0 heterocycles. The fraction of sp³-hybridized carbons (Fsp3) is 0.200. The first-order valence-corrected chi connectivity index (χ1v) is 3.56. The molecule has 0 saturated heterocycles. The highest BCUT2D eigenvalue weighted by Crippen LogP contribution is 2.00. The Labute approximate surface area is 62.2 Å². The van der Waals surface area contributed by atoms with Gasteiger partial charge in [0.2, 0.25) is 0 Å². The Morgan fingerprint density at radius 3 is 3.10 bits per heavy atom. The van der Waals surface area contributed by atoms with E-state index in [0.717, 1.165) is 6.42 Å². The van der Waals surface area contributed by atoms with Crippen molar-refractivity contribution in [2.24, 2.45) is 0 Å². The summed E-state index contributed by atoms with van der Waals surface area (Å²) in [6.07, 6.45) is 5.34. The summed E-state index contributed by atoms with van der Waals surface area (Å²) in [6.45, 7) is 2.13. The average molecular weight is 131 g/mol. The number of hydrogen-bond acceptors (Lipinski definition) is 0. The summed E-state index contributed by atoms with van der Waals surface area (Å²) in [5.74, 6) is 0. The number of rotatable bonds is 2. The molecule has 0 N–H and O–H groups in total. The number of benzene rings is 1. The maximum absolute atomic E-state index is 3.02. The summed E-state index contributed by atoms with van der Waals surface area (Å²) in [5, 5.41) is 0. The molecule has 0 saturated carbocycles. The van der Waals surface area contributed by atoms with E-state index in [9.17, 15) is 0 Å². The Kier molecular flexibility index (Phi) is 2.75. The van der Waals surface area contributed by atoms with Crippen molar-refractivity contribution in [2.75, 3.05) is 0 Å². The van der Waals surface area contributed by atoms with E-state index in [4.69, 9.17) is 0 Å². The quantitative estimate of drug-likeness (QED) is 0.579. The van der Waals surface area contributed by atoms with Crippen molar-refractivity contribution in [1.82, 2.24) is 0 Å². The molecule has 0 amide bonds. The zero-order chi connectivity index (χ0) is 7.23. The molecule has 0 heteroatoms. The van der Waals surface area contributed by atoms with Crippen molar-refractivity contribution in [3.05, 3.63) is 42.0 Å². The van der Waals surface area contributed by atoms with E-state index in [2.05, 4.69) is 31.2 Å². The van der Waals surface area contributed by atoms with Crippen molar-refractivity contribution in [1.29, 1.82) is 0 Å². The minimum absolute atomic E-state index is 1.09. The van der Waals surface area contributed by atoms with E-state index in [1.807, 2.05) is 18.2 Å². The topological polar surface area (TPSA) is 0 Å². The molecule has 10 heavy (non-hydrogen) atoms. The molecule has 0 aliphatic rings. The van der Waals surface area contributed by atoms with Crippen LogP contribution in [0, 0.1) is 6.07 Å². The van der Waals surface area contributed by atoms with Crippen LogP contribution in [0.4, 0.5) is 0 Å². The predicted molar refractivity (Wildman–Crippen MR) is 44.6 cm³/mol. The Balaban J connectivity index is 2.67. The Bertz CT molecular complexity index is 197. The predicted octanol–water partition coefficient (Wildman–Crippen LogP) is 2.91. The van der Waals surface area contributed by atoms with Gasteiger partial charge in [0.05, 0.1) is 0 Å². The molecule has 1 rings (SSSR count). The fourth-order valence-electron chi connectivity index (χ4n) is 0.765. The molecule has 51 valence electrons. The average Bonchev–Trinajstić information content (AvgIpc) is 2.03. The van der Waals surface area contributed by atoms with Gasteiger partial charge >= 0.3 is 0 Å². The van der Waals surface area contributed by atoms with Crippen LogP contribution in [0.5, 0.6) is 0 Å². The van der Waals surface area contributed by atoms with Crippen LogP contribution >= 0.6 is 0 Å². The Hall–Kier alpha value is -1.04. The zero-order valence-electron chi connectivity index (χ0n) is 6.17. The van der Waals surface area contributed by atoms with Gasteiger partial charge in [-0.2, -0.15) is 0 Å². The lowest BCUT2D eigenvalue weighted by Crippen LogP contribution is -1.67. The first-order valence-electron chi connectivity index (χ1n) is 3.56. The molecule has 0 aliphatic heterocycles. The molecule has 0 aromatic heterocycles. The fourth-order valence-corrected chi connectivity index (χ4v) is 0.765. The largest absolute Gasteiger partial charge is 0.0842 e. The van der Waals surface area contributed by atoms with Crippen molar-refractivity contribution in [3.8, 4) is 0 Å². The summed E-state index contributed by atoms with van der Waals surface area (Å²) >= 11 is 0. The molecule has 1 aromatic carbocycles. The van der Waals surface area contributed by atoms with Crippen LogP contribution in [-0.4, -0.2) is 0 Å². The second kappa shape index (κ2) is 3.89. The highest BCUT2D eigenvalue weighted by molar-refractivity contribution is 5.48. The third-order valence-corrected chi connectivity index (χ3v) is 1.28. The standard InChI is InChI=1S/C10H11/c1-2-3-7-10-8-5-4-6-9-10/h3-5,7-9H,2H2,1H3/b7-3+. The molecular weight excluding hydrogens is 120 g/mol. The zero-order valence-corrected chi connectivity index (χ0v) is 6.17. The molecular formula is C10H11. The summed E-state index contributed by atoms with van der Waals surface area (Å²) in [7, 11) is 0. The second-order valence-corrected chi connectivity index (χ2v) is 2.15. The van der Waals surface area contributed by atoms with E-state index in [1.165, 1.54) is 5.56 Å². The number of hydrogen-bond donors (Lipinski definition) is 0. The van der Waals surface area contributed by atoms with Gasteiger partial charge < -0.3 is 0 Å². The maximum Gasteiger partial charge on any atom is -0.0178 e. The van der Waals surface area contributed by atoms with E-state index in [1.54, 1.807) is 0 Å². The van der Waals surface area contributed by atoms with Gasteiger partial charge in [0.1, 0.15) is 0 Å². The van der Waals surface area contributed by atoms with E-state index in [-0.39, 0.29) is 0 Å². The normalized spacial score (nSPS) is 10.5. The minimum Gasteiger partial charge on any atom is -0.0842 e. The molecule has 0 bridgehead atoms. The summed E-state index contributed by atoms with van der Waals surface area (Å²) in [6, 6.07) is 11.0. The maximum atomic E-state index is 3.02. The molecule has 0 spiro atoms. The summed E-state index contributed by atoms with van der Waals surface area (Å²) in [5.41, 5.74) is 1.23. The van der Waals surface area contributed by atoms with Gasteiger partial charge in [0.15, 0.2) is 0 Å². The lowest BCUT2D eigenvalue weighted by Gasteiger charge is -1.87. The van der Waals surface area contributed by atoms with Gasteiger partial charge in [-0.25, -0.2) is 0 Å². The second-order valence-electron chi connectivity index (χ2n) is 2.15. The SMILES string of the molecule is CC/C=C/c1c[c]ccc1. The first-order chi connectivity index (χ1) is 4.93. The van der Waals surface area contributed by atoms with Gasteiger partial charge in [-0.15, -0.1) is 0 Å². The molecule has 0 aliphatic carbocycles. The van der Waals surface area contributed by atoms with Crippen LogP contribution in [0.3, 0.4) is 0 Å². The van der Waals surface area contributed by atoms with Gasteiger partial charge in [-0.3, -0.25) is 0 Å². The Morgan fingerprint density at radius 1 is 1.60 bits per heavy atom. The van der Waals surface area contributed by atoms with Gasteiger partial charge in [-0.05, 0) is 24.1 Å². The van der Waals surface area contributed by atoms with Crippen LogP contribution in [0.2, 0.25) is 0 Å². The van der Waals surface area contributed by atoms with Crippen LogP contribution in [0.1, 0.15) is 18.9 Å². The van der Waals surface area contributed by atoms with Crippen LogP contribution < -0.4 is 0 Å². The minimum atomic E-state index is 1.09. The van der Waals surface area contributed by atoms with Crippen molar-refractivity contribution >= 4 is 6.08 Å². The van der Waals surface area contributed by atoms with Crippen molar-refractivity contribution in [3.63, 3.8) is 0 Å². The monoisotopic (exact) mass is 131 g/mol. The summed E-state index contributed by atoms with van der Waals surface area (Å²) < 4.78 is 0. The first kappa shape index (κ1) is 7.07. The van der Waals surface area contributed by atoms with Crippen LogP contribution in [0.25, 0.3) is 6.08 Å². The highest BCUT2D eigenvalue weighted by atomic mass is 13.8. The number of allylic oxidation sites excluding steroid dienone is 1. The molecule has 0 nitrogen and oxygen atoms in total. The van der Waals surface area contributed by atoms with E-state index >= 15 is 0 Å². The van der Waals surface area contributed by atoms with Gasteiger partial charge in [0.25, 0.3) is 0 Å². The summed E-state index contributed by atoms with van der Waals surface area (Å²) in [4.78, 5) is 0. The lowest BCUT2D eigenvalue weighted by atomic mass is 10.2. The molecule has 1 aromatic rings. The lowest BCUT2D eigenvalue weighted by molar-refractivity contribution is 1.23. The van der Waals surface area contributed by atoms with Crippen LogP contribution in [-0.2, 0) is 0 Å². The molecule has 0 atom stereocenters. The smallest absolute Gasteiger partial charge is 0.0178 e. The van der Waals surface area contributed by atoms with Gasteiger partial charge in [0, 0.05) is 0 Å². The molecule has 0 unspecified atom stereocenters. The van der Waals surface area contributed by atoms with Crippen molar-refractivity contribution in [2.45, 2.75) is 13.3 Å². The molecule has 1 radical (unpaired) electrons. The Morgan fingerprint density at radius 2 is 2.50 bits per heavy atom. The highest BCUT2D eigenvalue weighted by Gasteiger charge is 1.79. The van der Waals surface area contributed by atoms with Crippen LogP contribution in [0.15, 0.2) is 30.3 Å². The van der Waals surface area contributed by atoms with Crippen molar-refractivity contribution < 1.29 is 0 Å². The van der Waals surface area contributed by atoms with Gasteiger partial charge in [-0.1, -0.05) is 37.3 Å². The molecule has 0 fully saturated rings. The van der Waals surface area contributed by atoms with E-state index in [0.29, 0.717) is 0 Å². The third kappa shape index (κ3) is 2.06. The van der Waals surface area contributed by atoms with E-state index < -0.39 is 0 Å². The third-order valence-electron chi connectivity index (χ3n) is 1.28.